The molecule has 0 aliphatic heterocycles. The monoisotopic (exact) mass is 281 g/mol. The number of hydrogen-bond acceptors (Lipinski definition) is 2. The van der Waals surface area contributed by atoms with E-state index >= 15 is 0 Å². The average Bonchev–Trinajstić information content (AvgIpc) is 3.29. The first kappa shape index (κ1) is 14.2. The lowest BCUT2D eigenvalue weighted by molar-refractivity contribution is 0.290. The van der Waals surface area contributed by atoms with E-state index in [0.717, 1.165) is 12.2 Å². The molecule has 2 aromatic rings. The van der Waals surface area contributed by atoms with Crippen molar-refractivity contribution in [1.29, 1.82) is 0 Å². The van der Waals surface area contributed by atoms with Crippen molar-refractivity contribution in [3.8, 4) is 5.75 Å². The molecule has 21 heavy (non-hydrogen) atoms. The number of aryl methyl sites for hydroxylation is 1. The van der Waals surface area contributed by atoms with Gasteiger partial charge in [0.15, 0.2) is 0 Å². The third-order valence-corrected chi connectivity index (χ3v) is 4.33. The van der Waals surface area contributed by atoms with Crippen LogP contribution >= 0.6 is 0 Å². The van der Waals surface area contributed by atoms with Crippen LogP contribution in [0.2, 0.25) is 0 Å². The fourth-order valence-corrected chi connectivity index (χ4v) is 3.00. The van der Waals surface area contributed by atoms with E-state index in [4.69, 9.17) is 10.5 Å². The summed E-state index contributed by atoms with van der Waals surface area (Å²) in [5.74, 6) is 2.21. The predicted octanol–water partition coefficient (Wildman–Crippen LogP) is 3.89. The Kier molecular flexibility index (Phi) is 4.26. The van der Waals surface area contributed by atoms with Gasteiger partial charge >= 0.3 is 0 Å². The molecule has 2 heteroatoms. The summed E-state index contributed by atoms with van der Waals surface area (Å²) in [5.41, 5.74) is 8.97. The fourth-order valence-electron chi connectivity index (χ4n) is 3.00. The SMILES string of the molecule is Cc1cccc(OCCC(N)C2CC2c2ccccc2)c1. The number of hydrogen-bond donors (Lipinski definition) is 1. The molecule has 0 aromatic heterocycles. The van der Waals surface area contributed by atoms with Gasteiger partial charge < -0.3 is 10.5 Å². The molecule has 0 amide bonds. The topological polar surface area (TPSA) is 35.2 Å². The second-order valence-electron chi connectivity index (χ2n) is 6.03. The maximum atomic E-state index is 6.32. The number of ether oxygens (including phenoxy) is 1. The summed E-state index contributed by atoms with van der Waals surface area (Å²) in [4.78, 5) is 0. The molecule has 3 rings (SSSR count). The molecule has 1 fully saturated rings. The van der Waals surface area contributed by atoms with Crippen molar-refractivity contribution in [3.05, 3.63) is 65.7 Å². The van der Waals surface area contributed by atoms with Crippen molar-refractivity contribution in [1.82, 2.24) is 0 Å². The summed E-state index contributed by atoms with van der Waals surface area (Å²) < 4.78 is 5.80. The second kappa shape index (κ2) is 6.31. The molecule has 110 valence electrons. The van der Waals surface area contributed by atoms with Crippen LogP contribution in [-0.4, -0.2) is 12.6 Å². The Morgan fingerprint density at radius 2 is 1.95 bits per heavy atom. The van der Waals surface area contributed by atoms with Gasteiger partial charge in [-0.15, -0.1) is 0 Å². The molecular formula is C19H23NO. The molecule has 2 aromatic carbocycles. The summed E-state index contributed by atoms with van der Waals surface area (Å²) >= 11 is 0. The van der Waals surface area contributed by atoms with Crippen LogP contribution in [-0.2, 0) is 0 Å². The smallest absolute Gasteiger partial charge is 0.119 e. The lowest BCUT2D eigenvalue weighted by Gasteiger charge is -2.13. The van der Waals surface area contributed by atoms with Crippen molar-refractivity contribution in [3.63, 3.8) is 0 Å². The van der Waals surface area contributed by atoms with Crippen LogP contribution < -0.4 is 10.5 Å². The van der Waals surface area contributed by atoms with Gasteiger partial charge in [-0.1, -0.05) is 42.5 Å². The van der Waals surface area contributed by atoms with Gasteiger partial charge in [0.25, 0.3) is 0 Å². The summed E-state index contributed by atoms with van der Waals surface area (Å²) in [6.07, 6.45) is 2.14. The Bertz CT molecular complexity index is 581. The van der Waals surface area contributed by atoms with Crippen molar-refractivity contribution in [2.45, 2.75) is 31.7 Å². The first-order valence-corrected chi connectivity index (χ1v) is 7.74. The molecule has 0 spiro atoms. The van der Waals surface area contributed by atoms with Crippen LogP contribution in [0.5, 0.6) is 5.75 Å². The van der Waals surface area contributed by atoms with Crippen LogP contribution in [0, 0.1) is 12.8 Å². The first-order valence-electron chi connectivity index (χ1n) is 7.74. The highest BCUT2D eigenvalue weighted by Gasteiger charge is 2.41. The van der Waals surface area contributed by atoms with Crippen LogP contribution in [0.15, 0.2) is 54.6 Å². The van der Waals surface area contributed by atoms with Gasteiger partial charge in [0.05, 0.1) is 6.61 Å². The number of benzene rings is 2. The quantitative estimate of drug-likeness (QED) is 0.871. The molecular weight excluding hydrogens is 258 g/mol. The van der Waals surface area contributed by atoms with Crippen molar-refractivity contribution < 1.29 is 4.74 Å². The summed E-state index contributed by atoms with van der Waals surface area (Å²) in [6.45, 7) is 2.77. The Labute approximate surface area is 126 Å². The van der Waals surface area contributed by atoms with Gasteiger partial charge in [-0.2, -0.15) is 0 Å². The summed E-state index contributed by atoms with van der Waals surface area (Å²) in [6, 6.07) is 19.1. The normalized spacial score (nSPS) is 21.8. The van der Waals surface area contributed by atoms with Gasteiger partial charge in [0, 0.05) is 6.04 Å². The Morgan fingerprint density at radius 3 is 2.71 bits per heavy atom. The minimum atomic E-state index is 0.236. The highest BCUT2D eigenvalue weighted by molar-refractivity contribution is 5.28. The van der Waals surface area contributed by atoms with E-state index in [2.05, 4.69) is 49.4 Å². The van der Waals surface area contributed by atoms with E-state index in [1.807, 2.05) is 12.1 Å². The zero-order valence-electron chi connectivity index (χ0n) is 12.5. The third kappa shape index (κ3) is 3.64. The second-order valence-corrected chi connectivity index (χ2v) is 6.03. The van der Waals surface area contributed by atoms with Crippen LogP contribution in [0.25, 0.3) is 0 Å². The van der Waals surface area contributed by atoms with Crippen molar-refractivity contribution in [2.75, 3.05) is 6.61 Å². The molecule has 1 aliphatic carbocycles. The standard InChI is InChI=1S/C19H23NO/c1-14-6-5-9-16(12-14)21-11-10-19(20)18-13-17(18)15-7-3-2-4-8-15/h2-9,12,17-19H,10-11,13,20H2,1H3. The van der Waals surface area contributed by atoms with E-state index < -0.39 is 0 Å². The molecule has 0 bridgehead atoms. The maximum absolute atomic E-state index is 6.32. The van der Waals surface area contributed by atoms with Gasteiger partial charge in [0.1, 0.15) is 5.75 Å². The first-order chi connectivity index (χ1) is 10.2. The fraction of sp³-hybridized carbons (Fsp3) is 0.368. The van der Waals surface area contributed by atoms with Crippen LogP contribution in [0.1, 0.15) is 29.9 Å². The van der Waals surface area contributed by atoms with Crippen LogP contribution in [0.4, 0.5) is 0 Å². The Morgan fingerprint density at radius 1 is 1.14 bits per heavy atom. The van der Waals surface area contributed by atoms with Crippen molar-refractivity contribution >= 4 is 0 Å². The van der Waals surface area contributed by atoms with Gasteiger partial charge in [-0.3, -0.25) is 0 Å². The average molecular weight is 281 g/mol. The van der Waals surface area contributed by atoms with Crippen LogP contribution in [0.3, 0.4) is 0 Å². The molecule has 3 unspecified atom stereocenters. The maximum Gasteiger partial charge on any atom is 0.119 e. The minimum absolute atomic E-state index is 0.236. The minimum Gasteiger partial charge on any atom is -0.494 e. The molecule has 2 N–H and O–H groups in total. The lowest BCUT2D eigenvalue weighted by atomic mass is 10.0. The highest BCUT2D eigenvalue weighted by atomic mass is 16.5. The third-order valence-electron chi connectivity index (χ3n) is 4.33. The number of rotatable bonds is 6. The molecule has 0 saturated heterocycles. The van der Waals surface area contributed by atoms with E-state index in [-0.39, 0.29) is 6.04 Å². The molecule has 1 aliphatic rings. The number of nitrogens with two attached hydrogens (primary N) is 1. The summed E-state index contributed by atoms with van der Waals surface area (Å²) in [7, 11) is 0. The zero-order chi connectivity index (χ0) is 14.7. The lowest BCUT2D eigenvalue weighted by Crippen LogP contribution is -2.25. The van der Waals surface area contributed by atoms with E-state index in [1.165, 1.54) is 17.5 Å². The Hall–Kier alpha value is -1.80. The zero-order valence-corrected chi connectivity index (χ0v) is 12.5. The van der Waals surface area contributed by atoms with Crippen molar-refractivity contribution in [2.24, 2.45) is 11.7 Å². The highest BCUT2D eigenvalue weighted by Crippen LogP contribution is 2.49. The van der Waals surface area contributed by atoms with E-state index in [0.29, 0.717) is 18.4 Å². The summed E-state index contributed by atoms with van der Waals surface area (Å²) in [5, 5.41) is 0. The largest absolute Gasteiger partial charge is 0.494 e. The molecule has 3 atom stereocenters. The molecule has 0 radical (unpaired) electrons. The van der Waals surface area contributed by atoms with Gasteiger partial charge in [-0.05, 0) is 54.9 Å². The van der Waals surface area contributed by atoms with E-state index in [1.54, 1.807) is 0 Å². The predicted molar refractivity (Wildman–Crippen MR) is 86.6 cm³/mol. The Balaban J connectivity index is 1.45. The molecule has 0 heterocycles. The van der Waals surface area contributed by atoms with Gasteiger partial charge in [-0.25, -0.2) is 0 Å². The van der Waals surface area contributed by atoms with E-state index in [9.17, 15) is 0 Å². The molecule has 1 saturated carbocycles. The molecule has 2 nitrogen and oxygen atoms in total. The van der Waals surface area contributed by atoms with Gasteiger partial charge in [0.2, 0.25) is 0 Å².